The van der Waals surface area contributed by atoms with E-state index in [0.717, 1.165) is 0 Å². The minimum absolute atomic E-state index is 0.0518. The molecule has 0 bridgehead atoms. The Morgan fingerprint density at radius 2 is 2.03 bits per heavy atom. The second-order valence-corrected chi connectivity index (χ2v) is 9.46. The first-order chi connectivity index (χ1) is 16.4. The van der Waals surface area contributed by atoms with Crippen molar-refractivity contribution >= 4 is 12.0 Å². The molecule has 1 atom stereocenters. The fourth-order valence-electron chi connectivity index (χ4n) is 3.75. The Balaban J connectivity index is 1.88. The predicted octanol–water partition coefficient (Wildman–Crippen LogP) is 3.86. The molecule has 1 fully saturated rings. The van der Waals surface area contributed by atoms with Gasteiger partial charge < -0.3 is 19.7 Å². The summed E-state index contributed by atoms with van der Waals surface area (Å²) in [5.74, 6) is 5.86. The maximum Gasteiger partial charge on any atom is 0.408 e. The number of likely N-dealkylation sites (N-methyl/N-ethyl adjacent to an activating group) is 1. The molecule has 0 radical (unpaired) electrons. The lowest BCUT2D eigenvalue weighted by Crippen LogP contribution is -2.54. The quantitative estimate of drug-likeness (QED) is 0.651. The van der Waals surface area contributed by atoms with Crippen LogP contribution in [0.1, 0.15) is 52.1 Å². The van der Waals surface area contributed by atoms with Gasteiger partial charge >= 0.3 is 6.09 Å². The van der Waals surface area contributed by atoms with Crippen LogP contribution in [-0.4, -0.2) is 58.2 Å². The van der Waals surface area contributed by atoms with E-state index in [4.69, 9.17) is 9.47 Å². The van der Waals surface area contributed by atoms with Crippen molar-refractivity contribution in [1.29, 1.82) is 0 Å². The largest absolute Gasteiger partial charge is 0.494 e. The van der Waals surface area contributed by atoms with E-state index in [1.54, 1.807) is 57.8 Å². The fraction of sp³-hybridized carbons (Fsp3) is 0.462. The van der Waals surface area contributed by atoms with Gasteiger partial charge in [-0.2, -0.15) is 0 Å². The van der Waals surface area contributed by atoms with Gasteiger partial charge in [-0.25, -0.2) is 19.2 Å². The number of likely N-dealkylation sites (tertiary alicyclic amines) is 1. The third-order valence-corrected chi connectivity index (χ3v) is 5.34. The van der Waals surface area contributed by atoms with Gasteiger partial charge in [-0.05, 0) is 71.2 Å². The van der Waals surface area contributed by atoms with Crippen molar-refractivity contribution in [3.05, 3.63) is 41.6 Å². The first kappa shape index (κ1) is 25.9. The first-order valence-electron chi connectivity index (χ1n) is 11.5. The van der Waals surface area contributed by atoms with Crippen LogP contribution in [0.25, 0.3) is 11.3 Å². The van der Waals surface area contributed by atoms with Crippen LogP contribution in [0, 0.1) is 24.6 Å². The molecule has 0 saturated carbocycles. The molecule has 0 unspecified atom stereocenters. The highest BCUT2D eigenvalue weighted by Gasteiger charge is 2.46. The van der Waals surface area contributed by atoms with Gasteiger partial charge in [-0.1, -0.05) is 5.92 Å². The number of aryl methyl sites for hydroxylation is 1. The number of alkyl carbamates (subject to hydrolysis) is 1. The molecule has 8 nitrogen and oxygen atoms in total. The van der Waals surface area contributed by atoms with Crippen molar-refractivity contribution in [3.8, 4) is 28.8 Å². The van der Waals surface area contributed by atoms with E-state index in [0.29, 0.717) is 36.7 Å². The Hall–Kier alpha value is -3.67. The van der Waals surface area contributed by atoms with E-state index in [1.165, 1.54) is 6.07 Å². The fourth-order valence-corrected chi connectivity index (χ4v) is 3.75. The molecule has 186 valence electrons. The molecule has 0 spiro atoms. The molecule has 1 aromatic carbocycles. The zero-order chi connectivity index (χ0) is 25.8. The summed E-state index contributed by atoms with van der Waals surface area (Å²) in [5, 5.41) is 2.73. The molecule has 1 aliphatic heterocycles. The summed E-state index contributed by atoms with van der Waals surface area (Å²) in [6, 6.07) is 6.15. The normalized spacial score (nSPS) is 17.6. The monoisotopic (exact) mass is 482 g/mol. The van der Waals surface area contributed by atoms with Crippen LogP contribution in [0.5, 0.6) is 5.75 Å². The number of rotatable bonds is 5. The van der Waals surface area contributed by atoms with Crippen LogP contribution in [-0.2, 0) is 9.53 Å². The maximum absolute atomic E-state index is 14.5. The number of benzene rings is 1. The molecule has 1 N–H and O–H groups in total. The van der Waals surface area contributed by atoms with Gasteiger partial charge in [0.25, 0.3) is 0 Å². The van der Waals surface area contributed by atoms with Crippen molar-refractivity contribution in [2.45, 2.75) is 58.6 Å². The number of hydrogen-bond donors (Lipinski definition) is 1. The van der Waals surface area contributed by atoms with Crippen molar-refractivity contribution in [2.75, 3.05) is 20.2 Å². The van der Waals surface area contributed by atoms with Crippen molar-refractivity contribution < 1.29 is 23.5 Å². The van der Waals surface area contributed by atoms with E-state index in [2.05, 4.69) is 27.1 Å². The minimum atomic E-state index is -1.20. The zero-order valence-corrected chi connectivity index (χ0v) is 21.0. The molecule has 2 amide bonds. The number of nitrogens with one attached hydrogen (secondary N) is 1. The lowest BCUT2D eigenvalue weighted by atomic mass is 9.93. The smallest absolute Gasteiger partial charge is 0.408 e. The summed E-state index contributed by atoms with van der Waals surface area (Å²) >= 11 is 0. The standard InChI is InChI=1S/C26H31FN4O4/c1-7-34-18-10-11-20(27)19(16-18)21-15-17(2)28-22(29-21)9-8-12-26(13-14-31(6)23(26)32)30-24(33)35-25(3,4)5/h10-11,15-16H,7,12-14H2,1-6H3,(H,30,33)/t26-/m1/s1. The predicted molar refractivity (Wildman–Crippen MR) is 129 cm³/mol. The Bertz CT molecular complexity index is 1180. The Kier molecular flexibility index (Phi) is 7.64. The molecular formula is C26H31FN4O4. The van der Waals surface area contributed by atoms with Crippen molar-refractivity contribution in [3.63, 3.8) is 0 Å². The van der Waals surface area contributed by atoms with Gasteiger partial charge in [0.2, 0.25) is 11.7 Å². The molecule has 2 aromatic rings. The van der Waals surface area contributed by atoms with E-state index < -0.39 is 23.1 Å². The number of hydrogen-bond acceptors (Lipinski definition) is 6. The molecule has 1 saturated heterocycles. The second-order valence-electron chi connectivity index (χ2n) is 9.46. The molecular weight excluding hydrogens is 451 g/mol. The lowest BCUT2D eigenvalue weighted by molar-refractivity contribution is -0.132. The van der Waals surface area contributed by atoms with Crippen molar-refractivity contribution in [2.24, 2.45) is 0 Å². The molecule has 1 aromatic heterocycles. The highest BCUT2D eigenvalue weighted by molar-refractivity contribution is 5.92. The minimum Gasteiger partial charge on any atom is -0.494 e. The van der Waals surface area contributed by atoms with E-state index in [1.807, 2.05) is 6.92 Å². The van der Waals surface area contributed by atoms with E-state index >= 15 is 0 Å². The van der Waals surface area contributed by atoms with Gasteiger partial charge in [-0.15, -0.1) is 0 Å². The summed E-state index contributed by atoms with van der Waals surface area (Å²) in [4.78, 5) is 35.6. The Morgan fingerprint density at radius 3 is 2.66 bits per heavy atom. The van der Waals surface area contributed by atoms with E-state index in [-0.39, 0.29) is 23.7 Å². The molecule has 1 aliphatic rings. The average Bonchev–Trinajstić information content (AvgIpc) is 3.02. The summed E-state index contributed by atoms with van der Waals surface area (Å²) in [6.45, 7) is 9.81. The van der Waals surface area contributed by atoms with Gasteiger partial charge in [0.15, 0.2) is 0 Å². The number of carbonyl (C=O) groups excluding carboxylic acids is 2. The zero-order valence-electron chi connectivity index (χ0n) is 21.0. The third kappa shape index (κ3) is 6.47. The van der Waals surface area contributed by atoms with Gasteiger partial charge in [0, 0.05) is 31.3 Å². The summed E-state index contributed by atoms with van der Waals surface area (Å²) in [6.07, 6.45) is -0.233. The number of carbonyl (C=O) groups is 2. The number of aromatic nitrogens is 2. The Labute approximate surface area is 205 Å². The third-order valence-electron chi connectivity index (χ3n) is 5.34. The van der Waals surface area contributed by atoms with Crippen LogP contribution < -0.4 is 10.1 Å². The first-order valence-corrected chi connectivity index (χ1v) is 11.5. The topological polar surface area (TPSA) is 93.7 Å². The van der Waals surface area contributed by atoms with Crippen LogP contribution in [0.4, 0.5) is 9.18 Å². The highest BCUT2D eigenvalue weighted by Crippen LogP contribution is 2.27. The summed E-state index contributed by atoms with van der Waals surface area (Å²) in [7, 11) is 1.68. The summed E-state index contributed by atoms with van der Waals surface area (Å²) in [5.41, 5.74) is -0.641. The number of ether oxygens (including phenoxy) is 2. The number of halogens is 1. The molecule has 2 heterocycles. The molecule has 35 heavy (non-hydrogen) atoms. The van der Waals surface area contributed by atoms with Gasteiger partial charge in [0.1, 0.15) is 22.7 Å². The second kappa shape index (κ2) is 10.3. The molecule has 3 rings (SSSR count). The summed E-state index contributed by atoms with van der Waals surface area (Å²) < 4.78 is 25.4. The van der Waals surface area contributed by atoms with Gasteiger partial charge in [-0.3, -0.25) is 4.79 Å². The SMILES string of the molecule is CCOc1ccc(F)c(-c2cc(C)nc(C#CC[C@@]3(NC(=O)OC(C)(C)C)CCN(C)C3=O)n2)c1. The van der Waals surface area contributed by atoms with E-state index in [9.17, 15) is 14.0 Å². The van der Waals surface area contributed by atoms with Gasteiger partial charge in [0.05, 0.1) is 12.3 Å². The van der Waals surface area contributed by atoms with Crippen LogP contribution in [0.3, 0.4) is 0 Å². The molecule has 9 heteroatoms. The van der Waals surface area contributed by atoms with Crippen LogP contribution in [0.2, 0.25) is 0 Å². The molecule has 0 aliphatic carbocycles. The number of amides is 2. The number of nitrogens with zero attached hydrogens (tertiary/aromatic N) is 3. The van der Waals surface area contributed by atoms with Crippen LogP contribution in [0.15, 0.2) is 24.3 Å². The van der Waals surface area contributed by atoms with Crippen LogP contribution >= 0.6 is 0 Å². The average molecular weight is 483 g/mol. The maximum atomic E-state index is 14.5. The highest BCUT2D eigenvalue weighted by atomic mass is 19.1. The Morgan fingerprint density at radius 1 is 1.29 bits per heavy atom. The lowest BCUT2D eigenvalue weighted by Gasteiger charge is -2.28. The van der Waals surface area contributed by atoms with Crippen molar-refractivity contribution in [1.82, 2.24) is 20.2 Å².